The van der Waals surface area contributed by atoms with Gasteiger partial charge in [0.15, 0.2) is 5.82 Å². The molecule has 0 saturated heterocycles. The fourth-order valence-corrected chi connectivity index (χ4v) is 2.85. The molecule has 0 atom stereocenters. The summed E-state index contributed by atoms with van der Waals surface area (Å²) in [6.45, 7) is 5.18. The van der Waals surface area contributed by atoms with E-state index in [0.29, 0.717) is 24.0 Å². The maximum atomic E-state index is 12.5. The zero-order chi connectivity index (χ0) is 20.1. The monoisotopic (exact) mass is 398 g/mol. The van der Waals surface area contributed by atoms with Crippen LogP contribution in [0.15, 0.2) is 42.5 Å². The highest BCUT2D eigenvalue weighted by Crippen LogP contribution is 2.24. The number of nitrogens with one attached hydrogen (secondary N) is 1. The van der Waals surface area contributed by atoms with Crippen LogP contribution in [0.5, 0.6) is 0 Å². The number of hydrogen-bond acceptors (Lipinski definition) is 4. The van der Waals surface area contributed by atoms with Gasteiger partial charge in [-0.15, -0.1) is 5.10 Å². The van der Waals surface area contributed by atoms with Crippen molar-refractivity contribution >= 4 is 17.5 Å². The van der Waals surface area contributed by atoms with Crippen molar-refractivity contribution in [3.63, 3.8) is 0 Å². The third kappa shape index (κ3) is 4.58. The van der Waals surface area contributed by atoms with Crippen molar-refractivity contribution in [3.05, 3.63) is 64.4 Å². The molecule has 1 N–H and O–H groups in total. The number of nitrogens with zero attached hydrogens (tertiary/aromatic N) is 3. The van der Waals surface area contributed by atoms with E-state index in [0.717, 1.165) is 23.2 Å². The molecular formula is C21H23ClN4O2. The smallest absolute Gasteiger partial charge is 0.290 e. The standard InChI is InChI=1S/C21H23ClN4O2/c1-14-5-10-18(13-15(14)2)26-20(16-6-8-17(22)9-7-16)24-19(25-26)21(27)23-11-4-12-28-3/h5-10,13H,4,11-12H2,1-3H3,(H,23,27). The van der Waals surface area contributed by atoms with Gasteiger partial charge in [-0.2, -0.15) is 0 Å². The second-order valence-corrected chi connectivity index (χ2v) is 6.98. The number of aromatic nitrogens is 3. The van der Waals surface area contributed by atoms with Gasteiger partial charge in [0.2, 0.25) is 5.82 Å². The maximum absolute atomic E-state index is 12.5. The Kier molecular flexibility index (Phi) is 6.44. The number of carbonyl (C=O) groups excluding carboxylic acids is 1. The van der Waals surface area contributed by atoms with Crippen LogP contribution in [0.1, 0.15) is 28.2 Å². The van der Waals surface area contributed by atoms with Crippen LogP contribution in [0.25, 0.3) is 17.1 Å². The second kappa shape index (κ2) is 8.99. The van der Waals surface area contributed by atoms with Crippen LogP contribution in [0.2, 0.25) is 5.02 Å². The number of hydrogen-bond donors (Lipinski definition) is 1. The van der Waals surface area contributed by atoms with Crippen molar-refractivity contribution in [1.82, 2.24) is 20.1 Å². The van der Waals surface area contributed by atoms with Gasteiger partial charge in [-0.3, -0.25) is 4.79 Å². The van der Waals surface area contributed by atoms with E-state index in [1.54, 1.807) is 23.9 Å². The Morgan fingerprint density at radius 1 is 1.14 bits per heavy atom. The van der Waals surface area contributed by atoms with Crippen LogP contribution < -0.4 is 5.32 Å². The lowest BCUT2D eigenvalue weighted by Gasteiger charge is -2.08. The van der Waals surface area contributed by atoms with Gasteiger partial charge in [-0.25, -0.2) is 9.67 Å². The zero-order valence-corrected chi connectivity index (χ0v) is 17.0. The van der Waals surface area contributed by atoms with Gasteiger partial charge in [0.1, 0.15) is 0 Å². The number of amides is 1. The normalized spacial score (nSPS) is 10.9. The molecule has 146 valence electrons. The largest absolute Gasteiger partial charge is 0.385 e. The lowest BCUT2D eigenvalue weighted by Crippen LogP contribution is -2.26. The summed E-state index contributed by atoms with van der Waals surface area (Å²) in [5, 5.41) is 7.94. The van der Waals surface area contributed by atoms with Gasteiger partial charge >= 0.3 is 0 Å². The molecule has 6 nitrogen and oxygen atoms in total. The number of carbonyl (C=O) groups is 1. The Morgan fingerprint density at radius 2 is 1.89 bits per heavy atom. The predicted octanol–water partition coefficient (Wildman–Crippen LogP) is 3.97. The average Bonchev–Trinajstić information content (AvgIpc) is 3.13. The molecule has 0 unspecified atom stereocenters. The quantitative estimate of drug-likeness (QED) is 0.611. The third-order valence-electron chi connectivity index (χ3n) is 4.46. The number of ether oxygens (including phenoxy) is 1. The number of aryl methyl sites for hydroxylation is 2. The number of methoxy groups -OCH3 is 1. The van der Waals surface area contributed by atoms with E-state index in [1.165, 1.54) is 5.56 Å². The second-order valence-electron chi connectivity index (χ2n) is 6.55. The molecule has 0 aliphatic rings. The molecule has 3 rings (SSSR count). The summed E-state index contributed by atoms with van der Waals surface area (Å²) in [5.41, 5.74) is 4.00. The summed E-state index contributed by atoms with van der Waals surface area (Å²) < 4.78 is 6.70. The molecule has 7 heteroatoms. The Balaban J connectivity index is 1.98. The molecule has 0 fully saturated rings. The molecule has 0 bridgehead atoms. The zero-order valence-electron chi connectivity index (χ0n) is 16.2. The first kappa shape index (κ1) is 20.0. The third-order valence-corrected chi connectivity index (χ3v) is 4.71. The number of halogens is 1. The summed E-state index contributed by atoms with van der Waals surface area (Å²) in [6, 6.07) is 13.3. The SMILES string of the molecule is COCCCNC(=O)c1nc(-c2ccc(Cl)cc2)n(-c2ccc(C)c(C)c2)n1. The first-order valence-electron chi connectivity index (χ1n) is 9.07. The van der Waals surface area contributed by atoms with Gasteiger partial charge in [0, 0.05) is 30.8 Å². The highest BCUT2D eigenvalue weighted by atomic mass is 35.5. The molecule has 0 saturated carbocycles. The first-order valence-corrected chi connectivity index (χ1v) is 9.45. The molecular weight excluding hydrogens is 376 g/mol. The summed E-state index contributed by atoms with van der Waals surface area (Å²) in [7, 11) is 1.63. The summed E-state index contributed by atoms with van der Waals surface area (Å²) in [5.74, 6) is 0.399. The van der Waals surface area contributed by atoms with Gasteiger partial charge in [-0.1, -0.05) is 17.7 Å². The van der Waals surface area contributed by atoms with E-state index in [1.807, 2.05) is 37.3 Å². The predicted molar refractivity (Wildman–Crippen MR) is 110 cm³/mol. The van der Waals surface area contributed by atoms with Crippen LogP contribution in [0.3, 0.4) is 0 Å². The molecule has 1 heterocycles. The van der Waals surface area contributed by atoms with Gasteiger partial charge in [-0.05, 0) is 67.8 Å². The van der Waals surface area contributed by atoms with Crippen molar-refractivity contribution < 1.29 is 9.53 Å². The van der Waals surface area contributed by atoms with Crippen LogP contribution in [-0.4, -0.2) is 40.9 Å². The van der Waals surface area contributed by atoms with Crippen LogP contribution >= 0.6 is 11.6 Å². The Bertz CT molecular complexity index is 967. The molecule has 0 radical (unpaired) electrons. The number of rotatable bonds is 7. The summed E-state index contributed by atoms with van der Waals surface area (Å²) in [6.07, 6.45) is 0.726. The molecule has 3 aromatic rings. The fourth-order valence-electron chi connectivity index (χ4n) is 2.73. The van der Waals surface area contributed by atoms with Crippen LogP contribution in [0.4, 0.5) is 0 Å². The lowest BCUT2D eigenvalue weighted by molar-refractivity contribution is 0.0938. The topological polar surface area (TPSA) is 69.0 Å². The minimum atomic E-state index is -0.311. The van der Waals surface area contributed by atoms with Crippen LogP contribution in [0, 0.1) is 13.8 Å². The van der Waals surface area contributed by atoms with E-state index in [9.17, 15) is 4.79 Å². The van der Waals surface area contributed by atoms with E-state index in [-0.39, 0.29) is 11.7 Å². The van der Waals surface area contributed by atoms with Crippen molar-refractivity contribution in [3.8, 4) is 17.1 Å². The molecule has 0 spiro atoms. The molecule has 28 heavy (non-hydrogen) atoms. The Labute approximate surface area is 169 Å². The molecule has 0 aliphatic carbocycles. The van der Waals surface area contributed by atoms with Crippen LogP contribution in [-0.2, 0) is 4.74 Å². The highest BCUT2D eigenvalue weighted by molar-refractivity contribution is 6.30. The highest BCUT2D eigenvalue weighted by Gasteiger charge is 2.19. The summed E-state index contributed by atoms with van der Waals surface area (Å²) >= 11 is 6.02. The lowest BCUT2D eigenvalue weighted by atomic mass is 10.1. The number of benzene rings is 2. The maximum Gasteiger partial charge on any atom is 0.290 e. The minimum absolute atomic E-state index is 0.126. The van der Waals surface area contributed by atoms with Crippen molar-refractivity contribution in [2.75, 3.05) is 20.3 Å². The van der Waals surface area contributed by atoms with Crippen molar-refractivity contribution in [1.29, 1.82) is 0 Å². The fraction of sp³-hybridized carbons (Fsp3) is 0.286. The van der Waals surface area contributed by atoms with E-state index in [4.69, 9.17) is 16.3 Å². The Hall–Kier alpha value is -2.70. The Morgan fingerprint density at radius 3 is 2.57 bits per heavy atom. The van der Waals surface area contributed by atoms with E-state index >= 15 is 0 Å². The van der Waals surface area contributed by atoms with Gasteiger partial charge in [0.25, 0.3) is 5.91 Å². The van der Waals surface area contributed by atoms with Crippen molar-refractivity contribution in [2.45, 2.75) is 20.3 Å². The van der Waals surface area contributed by atoms with E-state index in [2.05, 4.69) is 22.3 Å². The molecule has 0 aliphatic heterocycles. The average molecular weight is 399 g/mol. The summed E-state index contributed by atoms with van der Waals surface area (Å²) in [4.78, 5) is 17.0. The molecule has 1 amide bonds. The van der Waals surface area contributed by atoms with E-state index < -0.39 is 0 Å². The first-order chi connectivity index (χ1) is 13.5. The van der Waals surface area contributed by atoms with Crippen molar-refractivity contribution in [2.24, 2.45) is 0 Å². The molecule has 2 aromatic carbocycles. The minimum Gasteiger partial charge on any atom is -0.385 e. The van der Waals surface area contributed by atoms with Gasteiger partial charge < -0.3 is 10.1 Å². The van der Waals surface area contributed by atoms with Gasteiger partial charge in [0.05, 0.1) is 5.69 Å². The molecule has 1 aromatic heterocycles.